The highest BCUT2D eigenvalue weighted by atomic mass is 19.1. The summed E-state index contributed by atoms with van der Waals surface area (Å²) in [6, 6.07) is 10.3. The summed E-state index contributed by atoms with van der Waals surface area (Å²) in [6.07, 6.45) is 1.36. The second-order valence-corrected chi connectivity index (χ2v) is 5.54. The van der Waals surface area contributed by atoms with Gasteiger partial charge in [0, 0.05) is 25.2 Å². The number of nitrogens with one attached hydrogen (secondary N) is 1. The molecule has 1 heterocycles. The molecule has 4 nitrogen and oxygen atoms in total. The Balaban J connectivity index is 1.56. The van der Waals surface area contributed by atoms with Gasteiger partial charge < -0.3 is 15.0 Å². The average molecular weight is 332 g/mol. The maximum absolute atomic E-state index is 13.9. The molecule has 0 aromatic heterocycles. The largest absolute Gasteiger partial charge is 0.492 e. The molecule has 0 radical (unpaired) electrons. The average Bonchev–Trinajstić information content (AvgIpc) is 3.01. The molecule has 0 spiro atoms. The van der Waals surface area contributed by atoms with Crippen LogP contribution in [0, 0.1) is 11.6 Å². The van der Waals surface area contributed by atoms with Gasteiger partial charge in [-0.3, -0.25) is 4.79 Å². The van der Waals surface area contributed by atoms with E-state index in [0.29, 0.717) is 43.2 Å². The van der Waals surface area contributed by atoms with Crippen molar-refractivity contribution in [3.05, 3.63) is 54.1 Å². The summed E-state index contributed by atoms with van der Waals surface area (Å²) in [4.78, 5) is 13.4. The summed E-state index contributed by atoms with van der Waals surface area (Å²) < 4.78 is 32.2. The lowest BCUT2D eigenvalue weighted by Crippen LogP contribution is -2.24. The summed E-state index contributed by atoms with van der Waals surface area (Å²) in [6.45, 7) is 1.35. The maximum atomic E-state index is 13.9. The van der Waals surface area contributed by atoms with Crippen LogP contribution in [0.4, 0.5) is 20.2 Å². The first-order chi connectivity index (χ1) is 11.6. The molecule has 1 aliphatic rings. The fourth-order valence-corrected chi connectivity index (χ4v) is 2.62. The number of halogens is 2. The molecule has 3 rings (SSSR count). The van der Waals surface area contributed by atoms with Gasteiger partial charge in [0.25, 0.3) is 0 Å². The highest BCUT2D eigenvalue weighted by molar-refractivity contribution is 5.95. The minimum Gasteiger partial charge on any atom is -0.492 e. The SMILES string of the molecule is O=C1CCCN1c1ccc(F)c(NCCOc2ccc(F)cc2)c1. The lowest BCUT2D eigenvalue weighted by Gasteiger charge is -2.17. The highest BCUT2D eigenvalue weighted by Gasteiger charge is 2.22. The van der Waals surface area contributed by atoms with Crippen LogP contribution in [0.25, 0.3) is 0 Å². The van der Waals surface area contributed by atoms with Gasteiger partial charge in [0.1, 0.15) is 24.0 Å². The Morgan fingerprint density at radius 1 is 1.12 bits per heavy atom. The number of amides is 1. The van der Waals surface area contributed by atoms with Crippen LogP contribution in [0.15, 0.2) is 42.5 Å². The normalized spacial score (nSPS) is 14.1. The molecule has 1 aliphatic heterocycles. The molecule has 1 N–H and O–H groups in total. The quantitative estimate of drug-likeness (QED) is 0.822. The second kappa shape index (κ2) is 7.29. The topological polar surface area (TPSA) is 41.6 Å². The van der Waals surface area contributed by atoms with E-state index in [1.807, 2.05) is 0 Å². The molecule has 6 heteroatoms. The van der Waals surface area contributed by atoms with Gasteiger partial charge in [-0.1, -0.05) is 0 Å². The zero-order chi connectivity index (χ0) is 16.9. The van der Waals surface area contributed by atoms with Crippen molar-refractivity contribution in [2.75, 3.05) is 29.9 Å². The molecule has 0 aliphatic carbocycles. The Morgan fingerprint density at radius 3 is 2.62 bits per heavy atom. The summed E-state index contributed by atoms with van der Waals surface area (Å²) in [7, 11) is 0. The molecule has 1 saturated heterocycles. The van der Waals surface area contributed by atoms with E-state index in [1.165, 1.54) is 30.3 Å². The zero-order valence-electron chi connectivity index (χ0n) is 13.1. The predicted molar refractivity (Wildman–Crippen MR) is 88.4 cm³/mol. The molecule has 2 aromatic carbocycles. The van der Waals surface area contributed by atoms with Crippen molar-refractivity contribution in [3.8, 4) is 5.75 Å². The Bertz CT molecular complexity index is 719. The van der Waals surface area contributed by atoms with E-state index >= 15 is 0 Å². The molecule has 0 bridgehead atoms. The second-order valence-electron chi connectivity index (χ2n) is 5.54. The van der Waals surface area contributed by atoms with Gasteiger partial charge in [0.15, 0.2) is 0 Å². The number of hydrogen-bond acceptors (Lipinski definition) is 3. The number of anilines is 2. The number of rotatable bonds is 6. The van der Waals surface area contributed by atoms with Crippen molar-refractivity contribution >= 4 is 17.3 Å². The van der Waals surface area contributed by atoms with Crippen LogP contribution in [0.2, 0.25) is 0 Å². The van der Waals surface area contributed by atoms with E-state index < -0.39 is 0 Å². The van der Waals surface area contributed by atoms with E-state index in [4.69, 9.17) is 4.74 Å². The highest BCUT2D eigenvalue weighted by Crippen LogP contribution is 2.26. The van der Waals surface area contributed by atoms with Crippen molar-refractivity contribution in [1.29, 1.82) is 0 Å². The first kappa shape index (κ1) is 16.2. The third-order valence-corrected chi connectivity index (χ3v) is 3.83. The molecule has 0 unspecified atom stereocenters. The van der Waals surface area contributed by atoms with E-state index in [-0.39, 0.29) is 17.5 Å². The van der Waals surface area contributed by atoms with E-state index in [0.717, 1.165) is 6.42 Å². The number of carbonyl (C=O) groups excluding carboxylic acids is 1. The summed E-state index contributed by atoms with van der Waals surface area (Å²) in [5.41, 5.74) is 1.02. The zero-order valence-corrected chi connectivity index (χ0v) is 13.1. The summed E-state index contributed by atoms with van der Waals surface area (Å²) in [5, 5.41) is 2.96. The molecule has 126 valence electrons. The van der Waals surface area contributed by atoms with Crippen LogP contribution >= 0.6 is 0 Å². The van der Waals surface area contributed by atoms with Gasteiger partial charge in [0.05, 0.1) is 5.69 Å². The Labute approximate surface area is 139 Å². The van der Waals surface area contributed by atoms with Crippen LogP contribution in [-0.4, -0.2) is 25.6 Å². The molecule has 0 saturated carbocycles. The number of hydrogen-bond donors (Lipinski definition) is 1. The number of carbonyl (C=O) groups is 1. The van der Waals surface area contributed by atoms with Crippen LogP contribution < -0.4 is 15.0 Å². The van der Waals surface area contributed by atoms with Crippen LogP contribution in [-0.2, 0) is 4.79 Å². The number of nitrogens with zero attached hydrogens (tertiary/aromatic N) is 1. The smallest absolute Gasteiger partial charge is 0.227 e. The third kappa shape index (κ3) is 3.82. The molecule has 24 heavy (non-hydrogen) atoms. The lowest BCUT2D eigenvalue weighted by molar-refractivity contribution is -0.117. The molecule has 0 atom stereocenters. The number of benzene rings is 2. The van der Waals surface area contributed by atoms with Gasteiger partial charge in [-0.2, -0.15) is 0 Å². The number of ether oxygens (including phenoxy) is 1. The molecule has 2 aromatic rings. The fraction of sp³-hybridized carbons (Fsp3) is 0.278. The Hall–Kier alpha value is -2.63. The molecule has 1 fully saturated rings. The first-order valence-electron chi connectivity index (χ1n) is 7.85. The van der Waals surface area contributed by atoms with Crippen molar-refractivity contribution in [2.24, 2.45) is 0 Å². The molecule has 1 amide bonds. The minimum absolute atomic E-state index is 0.0622. The van der Waals surface area contributed by atoms with Crippen LogP contribution in [0.3, 0.4) is 0 Å². The van der Waals surface area contributed by atoms with Gasteiger partial charge in [0.2, 0.25) is 5.91 Å². The van der Waals surface area contributed by atoms with Crippen LogP contribution in [0.5, 0.6) is 5.75 Å². The third-order valence-electron chi connectivity index (χ3n) is 3.83. The standard InChI is InChI=1S/C18H18F2N2O2/c19-13-3-6-15(7-4-13)24-11-9-21-17-12-14(5-8-16(17)20)22-10-1-2-18(22)23/h3-8,12,21H,1-2,9-11H2. The van der Waals surface area contributed by atoms with Gasteiger partial charge in [-0.05, 0) is 48.9 Å². The maximum Gasteiger partial charge on any atom is 0.227 e. The van der Waals surface area contributed by atoms with Crippen molar-refractivity contribution < 1.29 is 18.3 Å². The van der Waals surface area contributed by atoms with Crippen molar-refractivity contribution in [3.63, 3.8) is 0 Å². The molecular weight excluding hydrogens is 314 g/mol. The Kier molecular flexibility index (Phi) is 4.93. The van der Waals surface area contributed by atoms with E-state index in [9.17, 15) is 13.6 Å². The van der Waals surface area contributed by atoms with Gasteiger partial charge in [-0.15, -0.1) is 0 Å². The minimum atomic E-state index is -0.382. The van der Waals surface area contributed by atoms with E-state index in [1.54, 1.807) is 17.0 Å². The first-order valence-corrected chi connectivity index (χ1v) is 7.85. The fourth-order valence-electron chi connectivity index (χ4n) is 2.62. The predicted octanol–water partition coefficient (Wildman–Crippen LogP) is 3.58. The lowest BCUT2D eigenvalue weighted by atomic mass is 10.2. The van der Waals surface area contributed by atoms with Gasteiger partial charge in [-0.25, -0.2) is 8.78 Å². The van der Waals surface area contributed by atoms with Crippen LogP contribution in [0.1, 0.15) is 12.8 Å². The molecular formula is C18H18F2N2O2. The van der Waals surface area contributed by atoms with Crippen molar-refractivity contribution in [2.45, 2.75) is 12.8 Å². The van der Waals surface area contributed by atoms with E-state index in [2.05, 4.69) is 5.32 Å². The van der Waals surface area contributed by atoms with Crippen molar-refractivity contribution in [1.82, 2.24) is 0 Å². The van der Waals surface area contributed by atoms with Gasteiger partial charge >= 0.3 is 0 Å². The summed E-state index contributed by atoms with van der Waals surface area (Å²) >= 11 is 0. The summed E-state index contributed by atoms with van der Waals surface area (Å²) in [5.74, 6) is -0.0923. The monoisotopic (exact) mass is 332 g/mol. The Morgan fingerprint density at radius 2 is 1.92 bits per heavy atom.